The summed E-state index contributed by atoms with van der Waals surface area (Å²) in [5.41, 5.74) is -1.13. The first-order chi connectivity index (χ1) is 11.8. The first-order valence-electron chi connectivity index (χ1n) is 8.37. The van der Waals surface area contributed by atoms with Crippen LogP contribution in [0.25, 0.3) is 0 Å². The number of esters is 1. The van der Waals surface area contributed by atoms with Gasteiger partial charge in [-0.05, 0) is 48.2 Å². The number of carbonyl (C=O) groups is 1. The van der Waals surface area contributed by atoms with Crippen molar-refractivity contribution in [3.8, 4) is 5.75 Å². The summed E-state index contributed by atoms with van der Waals surface area (Å²) >= 11 is 0. The Morgan fingerprint density at radius 2 is 1.72 bits per heavy atom. The third-order valence-electron chi connectivity index (χ3n) is 5.28. The van der Waals surface area contributed by atoms with Crippen molar-refractivity contribution >= 4 is 5.97 Å². The highest BCUT2D eigenvalue weighted by Gasteiger charge is 2.62. The molecule has 0 saturated heterocycles. The molecule has 0 amide bonds. The molecule has 0 heterocycles. The van der Waals surface area contributed by atoms with Crippen molar-refractivity contribution in [2.45, 2.75) is 37.6 Å². The molecule has 0 radical (unpaired) electrons. The molecule has 3 unspecified atom stereocenters. The maximum atomic E-state index is 12.7. The van der Waals surface area contributed by atoms with Gasteiger partial charge in [0, 0.05) is 6.42 Å². The lowest BCUT2D eigenvalue weighted by Gasteiger charge is -2.53. The minimum atomic E-state index is -1.60. The minimum Gasteiger partial charge on any atom is -0.508 e. The predicted octanol–water partition coefficient (Wildman–Crippen LogP) is 2.15. The van der Waals surface area contributed by atoms with Crippen LogP contribution in [-0.4, -0.2) is 27.4 Å². The topological polar surface area (TPSA) is 87.0 Å². The molecule has 2 aromatic rings. The third kappa shape index (κ3) is 2.00. The Labute approximate surface area is 145 Å². The maximum absolute atomic E-state index is 12.7. The van der Waals surface area contributed by atoms with E-state index >= 15 is 0 Å². The SMILES string of the molecule is CC(C)OC(=O)C1CC2(O)c3ccccc3C1(O)c1ccc(O)cc12. The van der Waals surface area contributed by atoms with E-state index in [1.54, 1.807) is 44.2 Å². The molecule has 3 N–H and O–H groups in total. The second-order valence-electron chi connectivity index (χ2n) is 7.14. The summed E-state index contributed by atoms with van der Waals surface area (Å²) in [6.07, 6.45) is -0.316. The number of aliphatic hydroxyl groups is 2. The quantitative estimate of drug-likeness (QED) is 0.729. The van der Waals surface area contributed by atoms with Crippen LogP contribution in [0, 0.1) is 5.92 Å². The number of fused-ring (bicyclic) bond motifs is 1. The summed E-state index contributed by atoms with van der Waals surface area (Å²) in [6, 6.07) is 11.5. The highest BCUT2D eigenvalue weighted by molar-refractivity contribution is 5.79. The van der Waals surface area contributed by atoms with Crippen LogP contribution in [0.4, 0.5) is 0 Å². The number of rotatable bonds is 2. The molecule has 5 heteroatoms. The molecule has 25 heavy (non-hydrogen) atoms. The largest absolute Gasteiger partial charge is 0.508 e. The molecule has 0 aliphatic heterocycles. The number of hydrogen-bond acceptors (Lipinski definition) is 5. The van der Waals surface area contributed by atoms with Gasteiger partial charge in [-0.2, -0.15) is 0 Å². The van der Waals surface area contributed by atoms with Gasteiger partial charge in [0.15, 0.2) is 0 Å². The Bertz CT molecular complexity index is 874. The van der Waals surface area contributed by atoms with Crippen LogP contribution in [0.1, 0.15) is 42.5 Å². The molecule has 130 valence electrons. The number of carbonyl (C=O) groups excluding carboxylic acids is 1. The fourth-order valence-electron chi connectivity index (χ4n) is 4.28. The van der Waals surface area contributed by atoms with Crippen molar-refractivity contribution in [2.24, 2.45) is 5.92 Å². The summed E-state index contributed by atoms with van der Waals surface area (Å²) < 4.78 is 5.35. The van der Waals surface area contributed by atoms with Gasteiger partial charge in [-0.15, -0.1) is 0 Å². The Morgan fingerprint density at radius 1 is 1.08 bits per heavy atom. The summed E-state index contributed by atoms with van der Waals surface area (Å²) in [5, 5.41) is 33.0. The maximum Gasteiger partial charge on any atom is 0.312 e. The van der Waals surface area contributed by atoms with Crippen molar-refractivity contribution < 1.29 is 24.9 Å². The van der Waals surface area contributed by atoms with E-state index in [2.05, 4.69) is 0 Å². The Balaban J connectivity index is 1.99. The van der Waals surface area contributed by atoms with Crippen LogP contribution in [0.3, 0.4) is 0 Å². The number of phenols is 1. The normalized spacial score (nSPS) is 29.2. The van der Waals surface area contributed by atoms with Crippen molar-refractivity contribution in [2.75, 3.05) is 0 Å². The van der Waals surface area contributed by atoms with Crippen LogP contribution in [0.5, 0.6) is 5.75 Å². The van der Waals surface area contributed by atoms with Crippen LogP contribution in [-0.2, 0) is 20.7 Å². The molecule has 0 fully saturated rings. The number of hydrogen-bond donors (Lipinski definition) is 3. The van der Waals surface area contributed by atoms with Gasteiger partial charge in [-0.3, -0.25) is 4.79 Å². The van der Waals surface area contributed by atoms with Crippen LogP contribution in [0.2, 0.25) is 0 Å². The van der Waals surface area contributed by atoms with E-state index in [1.807, 2.05) is 0 Å². The van der Waals surface area contributed by atoms with E-state index in [-0.39, 0.29) is 18.3 Å². The van der Waals surface area contributed by atoms with E-state index < -0.39 is 23.1 Å². The molecular formula is C20H20O5. The third-order valence-corrected chi connectivity index (χ3v) is 5.28. The molecule has 3 aliphatic rings. The second kappa shape index (κ2) is 5.07. The predicted molar refractivity (Wildman–Crippen MR) is 89.9 cm³/mol. The lowest BCUT2D eigenvalue weighted by Crippen LogP contribution is -2.57. The molecular weight excluding hydrogens is 320 g/mol. The monoisotopic (exact) mass is 340 g/mol. The van der Waals surface area contributed by atoms with Gasteiger partial charge >= 0.3 is 5.97 Å². The molecule has 0 spiro atoms. The molecule has 3 aliphatic carbocycles. The van der Waals surface area contributed by atoms with Gasteiger partial charge in [0.1, 0.15) is 17.0 Å². The van der Waals surface area contributed by atoms with Crippen LogP contribution >= 0.6 is 0 Å². The summed E-state index contributed by atoms with van der Waals surface area (Å²) in [6.45, 7) is 3.50. The van der Waals surface area contributed by atoms with Gasteiger partial charge in [-0.1, -0.05) is 30.3 Å². The van der Waals surface area contributed by atoms with Crippen LogP contribution < -0.4 is 0 Å². The lowest BCUT2D eigenvalue weighted by atomic mass is 9.54. The zero-order valence-corrected chi connectivity index (χ0v) is 14.1. The Morgan fingerprint density at radius 3 is 2.40 bits per heavy atom. The van der Waals surface area contributed by atoms with Crippen molar-refractivity contribution in [3.05, 3.63) is 64.7 Å². The van der Waals surface area contributed by atoms with Crippen molar-refractivity contribution in [1.82, 2.24) is 0 Å². The van der Waals surface area contributed by atoms with Gasteiger partial charge in [0.25, 0.3) is 0 Å². The molecule has 0 aromatic heterocycles. The van der Waals surface area contributed by atoms with E-state index in [9.17, 15) is 20.1 Å². The summed E-state index contributed by atoms with van der Waals surface area (Å²) in [7, 11) is 0. The zero-order chi connectivity index (χ0) is 18.0. The molecule has 2 aromatic carbocycles. The second-order valence-corrected chi connectivity index (χ2v) is 7.14. The Hall–Kier alpha value is -2.37. The number of phenolic OH excluding ortho intramolecular Hbond substituents is 1. The van der Waals surface area contributed by atoms with E-state index in [1.165, 1.54) is 12.1 Å². The smallest absolute Gasteiger partial charge is 0.312 e. The van der Waals surface area contributed by atoms with Gasteiger partial charge in [-0.25, -0.2) is 0 Å². The number of ether oxygens (including phenoxy) is 1. The summed E-state index contributed by atoms with van der Waals surface area (Å²) in [5.74, 6) is -1.46. The Kier molecular flexibility index (Phi) is 3.27. The van der Waals surface area contributed by atoms with E-state index in [0.29, 0.717) is 22.3 Å². The van der Waals surface area contributed by atoms with E-state index in [0.717, 1.165) is 0 Å². The molecule has 2 bridgehead atoms. The van der Waals surface area contributed by atoms with Crippen LogP contribution in [0.15, 0.2) is 42.5 Å². The highest BCUT2D eigenvalue weighted by atomic mass is 16.5. The fraction of sp³-hybridized carbons (Fsp3) is 0.350. The van der Waals surface area contributed by atoms with E-state index in [4.69, 9.17) is 4.74 Å². The van der Waals surface area contributed by atoms with Gasteiger partial charge in [0.05, 0.1) is 12.0 Å². The molecule has 3 atom stereocenters. The van der Waals surface area contributed by atoms with Gasteiger partial charge in [0.2, 0.25) is 0 Å². The highest BCUT2D eigenvalue weighted by Crippen LogP contribution is 2.60. The average molecular weight is 340 g/mol. The van der Waals surface area contributed by atoms with Gasteiger partial charge < -0.3 is 20.1 Å². The van der Waals surface area contributed by atoms with Crippen molar-refractivity contribution in [3.63, 3.8) is 0 Å². The molecule has 5 nitrogen and oxygen atoms in total. The first-order valence-corrected chi connectivity index (χ1v) is 8.37. The van der Waals surface area contributed by atoms with Crippen molar-refractivity contribution in [1.29, 1.82) is 0 Å². The minimum absolute atomic E-state index is 0.00196. The fourth-order valence-corrected chi connectivity index (χ4v) is 4.28. The summed E-state index contributed by atoms with van der Waals surface area (Å²) in [4.78, 5) is 12.7. The zero-order valence-electron chi connectivity index (χ0n) is 14.1. The lowest BCUT2D eigenvalue weighted by molar-refractivity contribution is -0.170. The molecule has 0 saturated carbocycles. The molecule has 5 rings (SSSR count). The number of benzene rings is 2. The average Bonchev–Trinajstić information content (AvgIpc) is 2.56. The first kappa shape index (κ1) is 16.1. The standard InChI is InChI=1S/C20H20O5/c1-11(2)25-18(22)17-10-19(23)13-5-3-4-6-14(13)20(17,24)15-8-7-12(21)9-16(15)19/h3-9,11,17,21,23-24H,10H2,1-2H3. The number of aromatic hydroxyl groups is 1.